The molecule has 0 aliphatic carbocycles. The van der Waals surface area contributed by atoms with Crippen molar-refractivity contribution < 1.29 is 14.1 Å². The van der Waals surface area contributed by atoms with E-state index < -0.39 is 16.7 Å². The Morgan fingerprint density at radius 2 is 1.69 bits per heavy atom. The average molecular weight is 533 g/mol. The summed E-state index contributed by atoms with van der Waals surface area (Å²) in [4.78, 5) is 35.4. The number of piperazine rings is 1. The first kappa shape index (κ1) is 23.3. The Morgan fingerprint density at radius 3 is 2.40 bits per heavy atom. The van der Waals surface area contributed by atoms with Crippen LogP contribution in [0.4, 0.5) is 11.7 Å². The number of amides is 1. The van der Waals surface area contributed by atoms with Crippen LogP contribution < -0.4 is 4.90 Å². The molecule has 0 N–H and O–H groups in total. The molecular weight excluding hydrogens is 517 g/mol. The number of aromatic nitrogens is 2. The molecule has 0 bridgehead atoms. The highest BCUT2D eigenvalue weighted by Crippen LogP contribution is 2.38. The summed E-state index contributed by atoms with van der Waals surface area (Å²) in [7, 11) is 0. The number of carbonyl (C=O) groups excluding carboxylic acids is 1. The zero-order valence-electron chi connectivity index (χ0n) is 18.0. The van der Waals surface area contributed by atoms with E-state index in [0.717, 1.165) is 5.39 Å². The second kappa shape index (κ2) is 9.33. The SMILES string of the molecule is O=C(c1ccc([N+](=O)[O-])o1)N1CCN(c2ncnc3cc(-c4cc(Cl)ccc4Cl)c(Cl)cc23)CC1. The number of furan rings is 1. The van der Waals surface area contributed by atoms with Gasteiger partial charge in [-0.3, -0.25) is 14.9 Å². The molecule has 5 rings (SSSR count). The number of benzene rings is 2. The van der Waals surface area contributed by atoms with Crippen molar-refractivity contribution in [2.24, 2.45) is 0 Å². The number of hydrogen-bond donors (Lipinski definition) is 0. The topological polar surface area (TPSA) is 106 Å². The fourth-order valence-corrected chi connectivity index (χ4v) is 4.70. The molecule has 1 amide bonds. The summed E-state index contributed by atoms with van der Waals surface area (Å²) in [5.74, 6) is -0.218. The summed E-state index contributed by atoms with van der Waals surface area (Å²) in [6.07, 6.45) is 1.48. The fraction of sp³-hybridized carbons (Fsp3) is 0.174. The van der Waals surface area contributed by atoms with E-state index in [2.05, 4.69) is 9.97 Å². The van der Waals surface area contributed by atoms with Crippen molar-refractivity contribution in [3.63, 3.8) is 0 Å². The van der Waals surface area contributed by atoms with Gasteiger partial charge in [-0.05, 0) is 36.4 Å². The molecule has 12 heteroatoms. The van der Waals surface area contributed by atoms with E-state index in [4.69, 9.17) is 39.2 Å². The Morgan fingerprint density at radius 1 is 0.943 bits per heavy atom. The highest BCUT2D eigenvalue weighted by atomic mass is 35.5. The zero-order valence-corrected chi connectivity index (χ0v) is 20.2. The van der Waals surface area contributed by atoms with Gasteiger partial charge < -0.3 is 14.2 Å². The summed E-state index contributed by atoms with van der Waals surface area (Å²) in [6.45, 7) is 1.78. The zero-order chi connectivity index (χ0) is 24.7. The predicted molar refractivity (Wildman–Crippen MR) is 133 cm³/mol. The minimum Gasteiger partial charge on any atom is -0.395 e. The van der Waals surface area contributed by atoms with Crippen LogP contribution in [0.25, 0.3) is 22.0 Å². The average Bonchev–Trinajstić information content (AvgIpc) is 3.35. The predicted octanol–water partition coefficient (Wildman–Crippen LogP) is 5.72. The van der Waals surface area contributed by atoms with Gasteiger partial charge in [0.15, 0.2) is 5.76 Å². The standard InChI is InChI=1S/C23H16Cl3N5O4/c24-13-1-2-17(25)14(9-13)15-11-19-16(10-18(15)26)22(28-12-27-19)29-5-7-30(8-6-29)23(32)20-3-4-21(35-20)31(33)34/h1-4,9-12H,5-8H2. The molecule has 0 spiro atoms. The monoisotopic (exact) mass is 531 g/mol. The van der Waals surface area contributed by atoms with Crippen molar-refractivity contribution >= 4 is 63.3 Å². The second-order valence-corrected chi connectivity index (χ2v) is 9.10. The number of nitro groups is 1. The molecule has 4 aromatic rings. The maximum absolute atomic E-state index is 12.7. The molecular formula is C23H16Cl3N5O4. The molecule has 0 saturated carbocycles. The Kier molecular flexibility index (Phi) is 6.22. The van der Waals surface area contributed by atoms with Crippen LogP contribution in [0.2, 0.25) is 15.1 Å². The maximum atomic E-state index is 12.7. The van der Waals surface area contributed by atoms with Crippen LogP contribution in [0, 0.1) is 10.1 Å². The van der Waals surface area contributed by atoms with Gasteiger partial charge in [0.05, 0.1) is 11.6 Å². The molecule has 0 unspecified atom stereocenters. The van der Waals surface area contributed by atoms with Crippen LogP contribution in [-0.2, 0) is 0 Å². The lowest BCUT2D eigenvalue weighted by Gasteiger charge is -2.35. The Labute approximate surface area is 214 Å². The number of nitrogens with zero attached hydrogens (tertiary/aromatic N) is 5. The lowest BCUT2D eigenvalue weighted by atomic mass is 10.0. The molecule has 35 heavy (non-hydrogen) atoms. The second-order valence-electron chi connectivity index (χ2n) is 7.84. The number of fused-ring (bicyclic) bond motifs is 1. The van der Waals surface area contributed by atoms with E-state index >= 15 is 0 Å². The van der Waals surface area contributed by atoms with Gasteiger partial charge in [-0.15, -0.1) is 0 Å². The summed E-state index contributed by atoms with van der Waals surface area (Å²) >= 11 is 19.2. The molecule has 0 radical (unpaired) electrons. The lowest BCUT2D eigenvalue weighted by Crippen LogP contribution is -2.49. The van der Waals surface area contributed by atoms with Crippen molar-refractivity contribution in [1.82, 2.24) is 14.9 Å². The smallest absolute Gasteiger partial charge is 0.395 e. The van der Waals surface area contributed by atoms with Gasteiger partial charge in [0.2, 0.25) is 0 Å². The quantitative estimate of drug-likeness (QED) is 0.244. The van der Waals surface area contributed by atoms with Gasteiger partial charge in [-0.25, -0.2) is 9.97 Å². The number of carbonyl (C=O) groups is 1. The van der Waals surface area contributed by atoms with E-state index in [1.54, 1.807) is 29.2 Å². The van der Waals surface area contributed by atoms with Crippen LogP contribution in [0.3, 0.4) is 0 Å². The largest absolute Gasteiger partial charge is 0.433 e. The lowest BCUT2D eigenvalue weighted by molar-refractivity contribution is -0.402. The molecule has 3 heterocycles. The summed E-state index contributed by atoms with van der Waals surface area (Å²) < 4.78 is 5.05. The fourth-order valence-electron chi connectivity index (χ4n) is 4.04. The Balaban J connectivity index is 1.39. The molecule has 1 saturated heterocycles. The Bertz CT molecular complexity index is 1470. The normalized spacial score (nSPS) is 13.9. The van der Waals surface area contributed by atoms with E-state index in [1.165, 1.54) is 18.5 Å². The first-order chi connectivity index (χ1) is 16.8. The first-order valence-corrected chi connectivity index (χ1v) is 11.6. The Hall–Kier alpha value is -3.40. The van der Waals surface area contributed by atoms with Gasteiger partial charge in [-0.1, -0.05) is 34.8 Å². The van der Waals surface area contributed by atoms with E-state index in [-0.39, 0.29) is 5.76 Å². The highest BCUT2D eigenvalue weighted by Gasteiger charge is 2.27. The van der Waals surface area contributed by atoms with Gasteiger partial charge in [-0.2, -0.15) is 0 Å². The number of halogens is 3. The third kappa shape index (κ3) is 4.50. The number of hydrogen-bond acceptors (Lipinski definition) is 7. The summed E-state index contributed by atoms with van der Waals surface area (Å²) in [5.41, 5.74) is 2.10. The van der Waals surface area contributed by atoms with Gasteiger partial charge in [0, 0.05) is 57.8 Å². The summed E-state index contributed by atoms with van der Waals surface area (Å²) in [5, 5.41) is 13.1. The molecule has 1 fully saturated rings. The minimum atomic E-state index is -0.675. The van der Waals surface area contributed by atoms with Crippen LogP contribution in [0.15, 0.2) is 53.2 Å². The molecule has 9 nitrogen and oxygen atoms in total. The molecule has 2 aromatic carbocycles. The van der Waals surface area contributed by atoms with Crippen LogP contribution in [0.1, 0.15) is 10.6 Å². The van der Waals surface area contributed by atoms with Gasteiger partial charge in [0.1, 0.15) is 17.1 Å². The van der Waals surface area contributed by atoms with Gasteiger partial charge >= 0.3 is 5.88 Å². The third-order valence-electron chi connectivity index (χ3n) is 5.77. The van der Waals surface area contributed by atoms with E-state index in [0.29, 0.717) is 63.7 Å². The van der Waals surface area contributed by atoms with Crippen molar-refractivity contribution in [3.8, 4) is 11.1 Å². The third-order valence-corrected chi connectivity index (χ3v) is 6.65. The van der Waals surface area contributed by atoms with Crippen molar-refractivity contribution in [1.29, 1.82) is 0 Å². The van der Waals surface area contributed by atoms with Crippen LogP contribution in [0.5, 0.6) is 0 Å². The number of rotatable bonds is 4. The molecule has 1 aliphatic heterocycles. The highest BCUT2D eigenvalue weighted by molar-refractivity contribution is 6.38. The first-order valence-electron chi connectivity index (χ1n) is 10.5. The van der Waals surface area contributed by atoms with Crippen LogP contribution in [-0.4, -0.2) is 51.9 Å². The minimum absolute atomic E-state index is 0.0587. The van der Waals surface area contributed by atoms with E-state index in [1.807, 2.05) is 11.0 Å². The van der Waals surface area contributed by atoms with Crippen molar-refractivity contribution in [2.45, 2.75) is 0 Å². The maximum Gasteiger partial charge on any atom is 0.433 e. The molecule has 1 aliphatic rings. The summed E-state index contributed by atoms with van der Waals surface area (Å²) in [6, 6.07) is 11.3. The van der Waals surface area contributed by atoms with Crippen molar-refractivity contribution in [2.75, 3.05) is 31.1 Å². The van der Waals surface area contributed by atoms with E-state index in [9.17, 15) is 14.9 Å². The molecule has 2 aromatic heterocycles. The molecule has 0 atom stereocenters. The number of anilines is 1. The van der Waals surface area contributed by atoms with Crippen molar-refractivity contribution in [3.05, 3.63) is 79.7 Å². The molecule has 178 valence electrons. The van der Waals surface area contributed by atoms with Gasteiger partial charge in [0.25, 0.3) is 5.91 Å². The van der Waals surface area contributed by atoms with Crippen LogP contribution >= 0.6 is 34.8 Å².